The highest BCUT2D eigenvalue weighted by molar-refractivity contribution is 7.89. The van der Waals surface area contributed by atoms with Crippen molar-refractivity contribution >= 4 is 39.5 Å². The first kappa shape index (κ1) is 19.2. The molecule has 0 radical (unpaired) electrons. The van der Waals surface area contributed by atoms with Crippen LogP contribution >= 0.6 is 0 Å². The van der Waals surface area contributed by atoms with Gasteiger partial charge in [-0.2, -0.15) is 0 Å². The van der Waals surface area contributed by atoms with Gasteiger partial charge in [-0.1, -0.05) is 12.0 Å². The molecule has 1 amide bonds. The molecule has 3 aromatic heterocycles. The van der Waals surface area contributed by atoms with Crippen LogP contribution in [0.1, 0.15) is 28.8 Å². The Morgan fingerprint density at radius 1 is 1.27 bits per heavy atom. The van der Waals surface area contributed by atoms with E-state index in [1.165, 1.54) is 12.3 Å². The van der Waals surface area contributed by atoms with Crippen molar-refractivity contribution in [1.82, 2.24) is 29.6 Å². The minimum atomic E-state index is -4.13. The molecule has 4 rings (SSSR count). The van der Waals surface area contributed by atoms with E-state index in [-0.39, 0.29) is 27.8 Å². The van der Waals surface area contributed by atoms with Crippen molar-refractivity contribution in [3.05, 3.63) is 53.7 Å². The lowest BCUT2D eigenvalue weighted by atomic mass is 10.2. The van der Waals surface area contributed by atoms with Crippen LogP contribution in [0.2, 0.25) is 0 Å². The van der Waals surface area contributed by atoms with Crippen molar-refractivity contribution in [1.29, 1.82) is 0 Å². The topological polar surface area (TPSA) is 159 Å². The van der Waals surface area contributed by atoms with Gasteiger partial charge in [0.15, 0.2) is 5.65 Å². The predicted molar refractivity (Wildman–Crippen MR) is 108 cm³/mol. The van der Waals surface area contributed by atoms with Crippen LogP contribution in [0.4, 0.5) is 0 Å². The Hall–Kier alpha value is -4.17. The van der Waals surface area contributed by atoms with Gasteiger partial charge in [0.2, 0.25) is 15.8 Å². The van der Waals surface area contributed by atoms with Crippen LogP contribution in [0.5, 0.6) is 0 Å². The number of rotatable bonds is 2. The lowest BCUT2D eigenvalue weighted by molar-refractivity contribution is 0.0972. The molecule has 0 saturated heterocycles. The molecule has 3 aromatic rings. The normalized spacial score (nSPS) is 12.9. The van der Waals surface area contributed by atoms with E-state index in [1.54, 1.807) is 35.7 Å². The van der Waals surface area contributed by atoms with Crippen LogP contribution in [-0.2, 0) is 10.0 Å². The van der Waals surface area contributed by atoms with Gasteiger partial charge in [-0.25, -0.2) is 23.2 Å². The highest BCUT2D eigenvalue weighted by Crippen LogP contribution is 2.14. The summed E-state index contributed by atoms with van der Waals surface area (Å²) in [4.78, 5) is 20.0. The van der Waals surface area contributed by atoms with E-state index >= 15 is 0 Å². The molecule has 0 aromatic carbocycles. The summed E-state index contributed by atoms with van der Waals surface area (Å²) in [6.07, 6.45) is 4.09. The van der Waals surface area contributed by atoms with Crippen LogP contribution in [0.3, 0.4) is 0 Å². The van der Waals surface area contributed by atoms with E-state index in [0.717, 1.165) is 6.20 Å². The lowest BCUT2D eigenvalue weighted by Crippen LogP contribution is -2.32. The van der Waals surface area contributed by atoms with Crippen molar-refractivity contribution in [2.45, 2.75) is 11.8 Å². The first-order chi connectivity index (χ1) is 14.3. The van der Waals surface area contributed by atoms with Gasteiger partial charge >= 0.3 is 11.7 Å². The van der Waals surface area contributed by atoms with Crippen molar-refractivity contribution < 1.29 is 13.2 Å². The fourth-order valence-electron chi connectivity index (χ4n) is 2.57. The second kappa shape index (κ2) is 7.34. The van der Waals surface area contributed by atoms with Gasteiger partial charge in [-0.3, -0.25) is 14.5 Å². The van der Waals surface area contributed by atoms with Crippen LogP contribution in [0, 0.1) is 11.8 Å². The number of nitrogens with one attached hydrogen (secondary N) is 1. The number of hydrogen-bond acceptors (Lipinski definition) is 7. The second-order valence-corrected chi connectivity index (χ2v) is 7.60. The second-order valence-electron chi connectivity index (χ2n) is 6.07. The molecule has 3 N–H and O–H groups in total. The van der Waals surface area contributed by atoms with Crippen molar-refractivity contribution in [3.63, 3.8) is 0 Å². The Kier molecular flexibility index (Phi) is 4.69. The molecule has 30 heavy (non-hydrogen) atoms. The Labute approximate surface area is 170 Å². The summed E-state index contributed by atoms with van der Waals surface area (Å²) < 4.78 is 29.4. The summed E-state index contributed by atoms with van der Waals surface area (Å²) in [6.45, 7) is 1.68. The molecule has 0 saturated carbocycles. The third kappa shape index (κ3) is 3.85. The maximum Gasteiger partial charge on any atom is 0.389 e. The van der Waals surface area contributed by atoms with Gasteiger partial charge in [0.25, 0.3) is 12.1 Å². The lowest BCUT2D eigenvalue weighted by Gasteiger charge is -2.04. The molecule has 1 aliphatic rings. The molecule has 11 nitrogen and oxygen atoms in total. The minimum absolute atomic E-state index is 0.00454. The average Bonchev–Trinajstić information content (AvgIpc) is 3.31. The highest BCUT2D eigenvalue weighted by Gasteiger charge is 2.21. The van der Waals surface area contributed by atoms with Crippen LogP contribution in [0.15, 0.2) is 46.5 Å². The number of sulfonamides is 1. The van der Waals surface area contributed by atoms with Gasteiger partial charge in [0, 0.05) is 18.0 Å². The molecule has 1 aliphatic heterocycles. The zero-order valence-corrected chi connectivity index (χ0v) is 16.3. The quantitative estimate of drug-likeness (QED) is 0.393. The molecule has 4 heterocycles. The maximum atomic E-state index is 12.4. The average molecular weight is 421 g/mol. The first-order valence-electron chi connectivity index (χ1n) is 8.43. The third-order valence-electron chi connectivity index (χ3n) is 3.93. The molecule has 0 fully saturated rings. The first-order valence-corrected chi connectivity index (χ1v) is 9.98. The van der Waals surface area contributed by atoms with Gasteiger partial charge < -0.3 is 0 Å². The third-order valence-corrected chi connectivity index (χ3v) is 4.87. The monoisotopic (exact) mass is 421 g/mol. The summed E-state index contributed by atoms with van der Waals surface area (Å²) >= 11 is 0. The van der Waals surface area contributed by atoms with Crippen LogP contribution in [-0.4, -0.2) is 51.8 Å². The minimum Gasteiger partial charge on any atom is -0.280 e. The number of carbonyl (C=O) groups excluding carboxylic acids is 1. The SMILES string of the molecule is CC1=[N+]=CC(NC(=O)c2cc(C#Cc3nnc4ccccn34)c(S(N)(=O)=O)cn2)=N1. The number of primary sulfonamides is 1. The number of amides is 1. The Morgan fingerprint density at radius 3 is 2.83 bits per heavy atom. The van der Waals surface area contributed by atoms with E-state index in [0.29, 0.717) is 11.5 Å². The molecule has 0 spiro atoms. The summed E-state index contributed by atoms with van der Waals surface area (Å²) in [7, 11) is -4.13. The van der Waals surface area contributed by atoms with E-state index < -0.39 is 15.9 Å². The molecule has 12 heteroatoms. The number of pyridine rings is 2. The zero-order valence-electron chi connectivity index (χ0n) is 15.4. The van der Waals surface area contributed by atoms with Gasteiger partial charge in [0.05, 0.1) is 6.92 Å². The molecule has 148 valence electrons. The summed E-state index contributed by atoms with van der Waals surface area (Å²) in [6, 6.07) is 6.55. The number of carbonyl (C=O) groups is 1. The Morgan fingerprint density at radius 2 is 2.10 bits per heavy atom. The number of amidine groups is 2. The van der Waals surface area contributed by atoms with Gasteiger partial charge in [0.1, 0.15) is 10.6 Å². The maximum absolute atomic E-state index is 12.4. The Bertz CT molecular complexity index is 1470. The number of aromatic nitrogens is 4. The number of nitrogens with two attached hydrogens (primary N) is 1. The summed E-state index contributed by atoms with van der Waals surface area (Å²) in [5, 5.41) is 15.7. The molecule has 0 unspecified atom stereocenters. The van der Waals surface area contributed by atoms with Crippen molar-refractivity contribution in [2.75, 3.05) is 0 Å². The fourth-order valence-corrected chi connectivity index (χ4v) is 3.18. The molecular formula is C18H13N8O3S+. The molecule has 0 atom stereocenters. The Balaban J connectivity index is 1.72. The molecule has 0 aliphatic carbocycles. The van der Waals surface area contributed by atoms with E-state index in [2.05, 4.69) is 42.0 Å². The van der Waals surface area contributed by atoms with Gasteiger partial charge in [-0.05, 0) is 29.1 Å². The number of fused-ring (bicyclic) bond motifs is 1. The number of hydrogen-bond donors (Lipinski definition) is 2. The van der Waals surface area contributed by atoms with Crippen molar-refractivity contribution in [2.24, 2.45) is 10.1 Å². The summed E-state index contributed by atoms with van der Waals surface area (Å²) in [5.41, 5.74) is 0.503. The molecular weight excluding hydrogens is 408 g/mol. The van der Waals surface area contributed by atoms with E-state index in [4.69, 9.17) is 5.14 Å². The predicted octanol–water partition coefficient (Wildman–Crippen LogP) is -1.13. The highest BCUT2D eigenvalue weighted by atomic mass is 32.2. The van der Waals surface area contributed by atoms with Crippen LogP contribution in [0.25, 0.3) is 5.65 Å². The fraction of sp³-hybridized carbons (Fsp3) is 0.0556. The van der Waals surface area contributed by atoms with E-state index in [1.807, 2.05) is 0 Å². The number of nitrogens with zero attached hydrogens (tertiary/aromatic N) is 6. The van der Waals surface area contributed by atoms with Crippen molar-refractivity contribution in [3.8, 4) is 11.8 Å². The number of aliphatic imine (C=N–C) groups is 1. The zero-order chi connectivity index (χ0) is 21.3. The smallest absolute Gasteiger partial charge is 0.280 e. The standard InChI is InChI=1S/C18H12N8O3S/c1-11-20-10-15(22-11)23-18(27)13-8-12(14(9-21-13)30(19,28)29)5-6-17-25-24-16-4-2-3-7-26(16)17/h2-4,7-10H,1H3,(H2,19,28,29)/p+1. The van der Waals surface area contributed by atoms with Crippen LogP contribution < -0.4 is 15.1 Å². The van der Waals surface area contributed by atoms with Gasteiger partial charge in [-0.15, -0.1) is 10.2 Å². The largest absolute Gasteiger partial charge is 0.389 e. The van der Waals surface area contributed by atoms with E-state index in [9.17, 15) is 13.2 Å². The molecule has 0 bridgehead atoms. The summed E-state index contributed by atoms with van der Waals surface area (Å²) in [5.74, 6) is 5.88.